The number of aromatic nitrogens is 1. The second-order valence-corrected chi connectivity index (χ2v) is 6.06. The number of aryl methyl sites for hydroxylation is 1. The molecule has 2 heterocycles. The van der Waals surface area contributed by atoms with E-state index in [-0.39, 0.29) is 11.9 Å². The largest absolute Gasteiger partial charge is 0.351 e. The summed E-state index contributed by atoms with van der Waals surface area (Å²) in [7, 11) is 2.02. The molecule has 0 N–H and O–H groups in total. The molecule has 1 atom stereocenters. The number of carbonyl (C=O) groups excluding carboxylic acids is 1. The van der Waals surface area contributed by atoms with Gasteiger partial charge in [0, 0.05) is 41.4 Å². The molecule has 2 aromatic carbocycles. The molecule has 110 valence electrons. The van der Waals surface area contributed by atoms with Crippen molar-refractivity contribution in [3.8, 4) is 0 Å². The van der Waals surface area contributed by atoms with E-state index in [0.29, 0.717) is 0 Å². The van der Waals surface area contributed by atoms with E-state index in [9.17, 15) is 4.79 Å². The molecule has 1 unspecified atom stereocenters. The molecule has 0 radical (unpaired) electrons. The number of amides is 1. The molecule has 22 heavy (non-hydrogen) atoms. The summed E-state index contributed by atoms with van der Waals surface area (Å²) >= 11 is 0. The number of nitrogens with zero attached hydrogens (tertiary/aromatic N) is 2. The van der Waals surface area contributed by atoms with E-state index < -0.39 is 0 Å². The zero-order chi connectivity index (χ0) is 15.3. The minimum Gasteiger partial charge on any atom is -0.351 e. The van der Waals surface area contributed by atoms with E-state index in [1.807, 2.05) is 60.6 Å². The third-order valence-corrected chi connectivity index (χ3v) is 4.56. The van der Waals surface area contributed by atoms with Gasteiger partial charge in [0.05, 0.1) is 0 Å². The van der Waals surface area contributed by atoms with Crippen LogP contribution in [-0.2, 0) is 13.5 Å². The summed E-state index contributed by atoms with van der Waals surface area (Å²) in [4.78, 5) is 14.9. The fourth-order valence-electron chi connectivity index (χ4n) is 3.43. The molecule has 0 spiro atoms. The van der Waals surface area contributed by atoms with E-state index >= 15 is 0 Å². The van der Waals surface area contributed by atoms with Crippen LogP contribution in [0.5, 0.6) is 0 Å². The van der Waals surface area contributed by atoms with Crippen molar-refractivity contribution in [1.82, 2.24) is 4.57 Å². The van der Waals surface area contributed by atoms with Gasteiger partial charge in [-0.3, -0.25) is 4.79 Å². The van der Waals surface area contributed by atoms with Gasteiger partial charge in [-0.1, -0.05) is 18.2 Å². The Labute approximate surface area is 129 Å². The average molecular weight is 290 g/mol. The molecule has 1 aliphatic heterocycles. The predicted molar refractivity (Wildman–Crippen MR) is 89.3 cm³/mol. The Hall–Kier alpha value is -2.55. The molecular weight excluding hydrogens is 272 g/mol. The second-order valence-electron chi connectivity index (χ2n) is 6.06. The molecule has 3 nitrogen and oxygen atoms in total. The van der Waals surface area contributed by atoms with Gasteiger partial charge in [0.1, 0.15) is 0 Å². The van der Waals surface area contributed by atoms with Gasteiger partial charge >= 0.3 is 0 Å². The fourth-order valence-corrected chi connectivity index (χ4v) is 3.43. The maximum Gasteiger partial charge on any atom is 0.258 e. The van der Waals surface area contributed by atoms with Crippen LogP contribution in [0.1, 0.15) is 22.8 Å². The minimum atomic E-state index is 0.0863. The molecule has 0 saturated carbocycles. The minimum absolute atomic E-state index is 0.0863. The Bertz CT molecular complexity index is 878. The predicted octanol–water partition coefficient (Wildman–Crippen LogP) is 3.77. The van der Waals surface area contributed by atoms with Gasteiger partial charge in [-0.2, -0.15) is 0 Å². The van der Waals surface area contributed by atoms with Crippen molar-refractivity contribution in [2.75, 3.05) is 4.90 Å². The van der Waals surface area contributed by atoms with Gasteiger partial charge in [0.2, 0.25) is 0 Å². The molecule has 0 fully saturated rings. The van der Waals surface area contributed by atoms with Crippen LogP contribution in [-0.4, -0.2) is 16.5 Å². The first-order chi connectivity index (χ1) is 10.6. The van der Waals surface area contributed by atoms with Crippen LogP contribution in [0.25, 0.3) is 10.9 Å². The average Bonchev–Trinajstić information content (AvgIpc) is 3.06. The van der Waals surface area contributed by atoms with Crippen LogP contribution in [0.15, 0.2) is 54.7 Å². The first kappa shape index (κ1) is 13.1. The molecule has 3 aromatic rings. The van der Waals surface area contributed by atoms with Crippen molar-refractivity contribution in [1.29, 1.82) is 0 Å². The molecule has 1 aliphatic rings. The van der Waals surface area contributed by atoms with Crippen LogP contribution in [0.4, 0.5) is 5.69 Å². The van der Waals surface area contributed by atoms with Crippen molar-refractivity contribution in [2.24, 2.45) is 7.05 Å². The zero-order valence-corrected chi connectivity index (χ0v) is 12.8. The van der Waals surface area contributed by atoms with Crippen molar-refractivity contribution < 1.29 is 4.79 Å². The Morgan fingerprint density at radius 3 is 2.82 bits per heavy atom. The highest BCUT2D eigenvalue weighted by molar-refractivity contribution is 6.09. The lowest BCUT2D eigenvalue weighted by Gasteiger charge is -2.23. The lowest BCUT2D eigenvalue weighted by molar-refractivity contribution is 0.0981. The summed E-state index contributed by atoms with van der Waals surface area (Å²) in [6.07, 6.45) is 2.95. The Morgan fingerprint density at radius 2 is 1.95 bits per heavy atom. The summed E-state index contributed by atoms with van der Waals surface area (Å²) in [6, 6.07) is 16.4. The smallest absolute Gasteiger partial charge is 0.258 e. The number of hydrogen-bond donors (Lipinski definition) is 0. The van der Waals surface area contributed by atoms with Crippen molar-refractivity contribution in [3.63, 3.8) is 0 Å². The first-order valence-electron chi connectivity index (χ1n) is 7.62. The van der Waals surface area contributed by atoms with E-state index in [4.69, 9.17) is 0 Å². The van der Waals surface area contributed by atoms with Crippen molar-refractivity contribution in [2.45, 2.75) is 19.4 Å². The normalized spacial score (nSPS) is 17.0. The highest BCUT2D eigenvalue weighted by Crippen LogP contribution is 2.33. The molecular formula is C19H18N2O. The number of anilines is 1. The van der Waals surface area contributed by atoms with E-state index in [2.05, 4.69) is 17.6 Å². The van der Waals surface area contributed by atoms with Crippen molar-refractivity contribution >= 4 is 22.5 Å². The summed E-state index contributed by atoms with van der Waals surface area (Å²) < 4.78 is 2.07. The second kappa shape index (κ2) is 4.73. The van der Waals surface area contributed by atoms with E-state index in [1.165, 1.54) is 5.56 Å². The SMILES string of the molecule is CC1Cc2ccccc2N1C(=O)c1ccc2c(ccn2C)c1. The summed E-state index contributed by atoms with van der Waals surface area (Å²) in [5.74, 6) is 0.0863. The topological polar surface area (TPSA) is 25.2 Å². The number of hydrogen-bond acceptors (Lipinski definition) is 1. The summed E-state index contributed by atoms with van der Waals surface area (Å²) in [6.45, 7) is 2.11. The monoisotopic (exact) mass is 290 g/mol. The van der Waals surface area contributed by atoms with Gasteiger partial charge in [0.15, 0.2) is 0 Å². The molecule has 3 heteroatoms. The Kier molecular flexibility index (Phi) is 2.83. The van der Waals surface area contributed by atoms with Crippen LogP contribution in [0.3, 0.4) is 0 Å². The number of benzene rings is 2. The van der Waals surface area contributed by atoms with Crippen LogP contribution < -0.4 is 4.90 Å². The third-order valence-electron chi connectivity index (χ3n) is 4.56. The van der Waals surface area contributed by atoms with Gasteiger partial charge in [0.25, 0.3) is 5.91 Å². The molecule has 1 amide bonds. The molecule has 0 bridgehead atoms. The van der Waals surface area contributed by atoms with Crippen molar-refractivity contribution in [3.05, 3.63) is 65.9 Å². The number of rotatable bonds is 1. The molecule has 0 saturated heterocycles. The number of carbonyl (C=O) groups is 1. The maximum atomic E-state index is 13.0. The fraction of sp³-hybridized carbons (Fsp3) is 0.211. The van der Waals surface area contributed by atoms with Gasteiger partial charge in [-0.25, -0.2) is 0 Å². The van der Waals surface area contributed by atoms with Crippen LogP contribution in [0.2, 0.25) is 0 Å². The highest BCUT2D eigenvalue weighted by atomic mass is 16.2. The number of para-hydroxylation sites is 1. The molecule has 4 rings (SSSR count). The lowest BCUT2D eigenvalue weighted by Crippen LogP contribution is -2.35. The lowest BCUT2D eigenvalue weighted by atomic mass is 10.1. The highest BCUT2D eigenvalue weighted by Gasteiger charge is 2.31. The quantitative estimate of drug-likeness (QED) is 0.669. The first-order valence-corrected chi connectivity index (χ1v) is 7.62. The molecule has 0 aliphatic carbocycles. The third kappa shape index (κ3) is 1.86. The number of fused-ring (bicyclic) bond motifs is 2. The van der Waals surface area contributed by atoms with Gasteiger partial charge < -0.3 is 9.47 Å². The maximum absolute atomic E-state index is 13.0. The summed E-state index contributed by atoms with van der Waals surface area (Å²) in [5, 5.41) is 1.11. The van der Waals surface area contributed by atoms with Gasteiger partial charge in [-0.15, -0.1) is 0 Å². The van der Waals surface area contributed by atoms with E-state index in [0.717, 1.165) is 28.6 Å². The Balaban J connectivity index is 1.77. The summed E-state index contributed by atoms with van der Waals surface area (Å²) in [5.41, 5.74) is 4.20. The van der Waals surface area contributed by atoms with E-state index in [1.54, 1.807) is 0 Å². The standard InChI is InChI=1S/C19H18N2O/c1-13-11-14-5-3-4-6-18(14)21(13)19(22)16-7-8-17-15(12-16)9-10-20(17)2/h3-10,12-13H,11H2,1-2H3. The molecule has 1 aromatic heterocycles. The van der Waals surface area contributed by atoms with Crippen LogP contribution >= 0.6 is 0 Å². The van der Waals surface area contributed by atoms with Gasteiger partial charge in [-0.05, 0) is 49.2 Å². The van der Waals surface area contributed by atoms with Crippen LogP contribution in [0, 0.1) is 0 Å². The zero-order valence-electron chi connectivity index (χ0n) is 12.8. The Morgan fingerprint density at radius 1 is 1.14 bits per heavy atom.